The first-order chi connectivity index (χ1) is 10.2. The van der Waals surface area contributed by atoms with Crippen molar-refractivity contribution in [3.8, 4) is 11.4 Å². The molecule has 1 aromatic carbocycles. The molecule has 0 spiro atoms. The summed E-state index contributed by atoms with van der Waals surface area (Å²) in [6.45, 7) is 6.12. The summed E-state index contributed by atoms with van der Waals surface area (Å²) in [6.07, 6.45) is 1.47. The highest BCUT2D eigenvalue weighted by Gasteiger charge is 2.27. The number of aryl methyl sites for hydroxylation is 1. The first-order valence-corrected chi connectivity index (χ1v) is 7.23. The molecule has 0 aliphatic heterocycles. The van der Waals surface area contributed by atoms with E-state index < -0.39 is 5.92 Å². The molecule has 21 heavy (non-hydrogen) atoms. The number of ether oxygens (including phenoxy) is 1. The van der Waals surface area contributed by atoms with E-state index in [0.717, 1.165) is 17.5 Å². The number of rotatable bonds is 6. The van der Waals surface area contributed by atoms with Crippen molar-refractivity contribution in [3.63, 3.8) is 0 Å². The third-order valence-corrected chi connectivity index (χ3v) is 3.27. The maximum absolute atomic E-state index is 12.0. The smallest absolute Gasteiger partial charge is 0.318 e. The minimum atomic E-state index is -0.486. The minimum absolute atomic E-state index is 0.306. The molecule has 1 unspecified atom stereocenters. The monoisotopic (exact) mass is 288 g/mol. The zero-order valence-corrected chi connectivity index (χ0v) is 12.6. The zero-order valence-electron chi connectivity index (χ0n) is 12.6. The molecule has 1 heterocycles. The number of esters is 1. The Morgan fingerprint density at radius 1 is 1.33 bits per heavy atom. The summed E-state index contributed by atoms with van der Waals surface area (Å²) in [4.78, 5) is 16.4. The summed E-state index contributed by atoms with van der Waals surface area (Å²) >= 11 is 0. The van der Waals surface area contributed by atoms with Crippen molar-refractivity contribution in [2.75, 3.05) is 6.61 Å². The number of carbonyl (C=O) groups is 1. The maximum Gasteiger partial charge on any atom is 0.318 e. The highest BCUT2D eigenvalue weighted by atomic mass is 16.5. The standard InChI is InChI=1S/C16H20N2O3/c1-4-8-13(16(19)20-5-2)15-17-14(18-21-15)12-10-7-6-9-11(12)3/h6-7,9-10,13H,4-5,8H2,1-3H3. The SMILES string of the molecule is CCCC(C(=O)OCC)c1nc(-c2ccccc2C)no1. The van der Waals surface area contributed by atoms with E-state index >= 15 is 0 Å². The number of hydrogen-bond donors (Lipinski definition) is 0. The lowest BCUT2D eigenvalue weighted by atomic mass is 10.0. The van der Waals surface area contributed by atoms with Crippen LogP contribution >= 0.6 is 0 Å². The molecule has 1 atom stereocenters. The average Bonchev–Trinajstić information content (AvgIpc) is 2.94. The van der Waals surface area contributed by atoms with Gasteiger partial charge in [-0.2, -0.15) is 4.98 Å². The quantitative estimate of drug-likeness (QED) is 0.761. The summed E-state index contributed by atoms with van der Waals surface area (Å²) in [6, 6.07) is 7.80. The van der Waals surface area contributed by atoms with Crippen LogP contribution in [0.1, 0.15) is 44.1 Å². The van der Waals surface area contributed by atoms with Crippen LogP contribution in [0.4, 0.5) is 0 Å². The lowest BCUT2D eigenvalue weighted by molar-refractivity contribution is -0.145. The van der Waals surface area contributed by atoms with Crippen LogP contribution in [0, 0.1) is 6.92 Å². The second-order valence-corrected chi connectivity index (χ2v) is 4.86. The lowest BCUT2D eigenvalue weighted by Gasteiger charge is -2.09. The van der Waals surface area contributed by atoms with Gasteiger partial charge in [0.15, 0.2) is 0 Å². The van der Waals surface area contributed by atoms with Crippen LogP contribution in [0.15, 0.2) is 28.8 Å². The predicted octanol–water partition coefficient (Wildman–Crippen LogP) is 3.49. The van der Waals surface area contributed by atoms with Gasteiger partial charge in [-0.05, 0) is 25.8 Å². The molecule has 0 saturated heterocycles. The van der Waals surface area contributed by atoms with Crippen molar-refractivity contribution in [2.45, 2.75) is 39.5 Å². The van der Waals surface area contributed by atoms with Gasteiger partial charge in [0, 0.05) is 5.56 Å². The molecule has 0 saturated carbocycles. The topological polar surface area (TPSA) is 65.2 Å². The third-order valence-electron chi connectivity index (χ3n) is 3.27. The van der Waals surface area contributed by atoms with Crippen molar-refractivity contribution in [1.29, 1.82) is 0 Å². The summed E-state index contributed by atoms with van der Waals surface area (Å²) in [7, 11) is 0. The first kappa shape index (κ1) is 15.2. The molecule has 2 rings (SSSR count). The average molecular weight is 288 g/mol. The molecule has 112 valence electrons. The highest BCUT2D eigenvalue weighted by molar-refractivity contribution is 5.77. The van der Waals surface area contributed by atoms with E-state index in [0.29, 0.717) is 24.7 Å². The van der Waals surface area contributed by atoms with Crippen LogP contribution in [0.25, 0.3) is 11.4 Å². The molecule has 0 aliphatic carbocycles. The maximum atomic E-state index is 12.0. The Bertz CT molecular complexity index is 607. The van der Waals surface area contributed by atoms with Gasteiger partial charge in [-0.15, -0.1) is 0 Å². The van der Waals surface area contributed by atoms with Crippen LogP contribution in [0.2, 0.25) is 0 Å². The van der Waals surface area contributed by atoms with Gasteiger partial charge in [0.2, 0.25) is 11.7 Å². The van der Waals surface area contributed by atoms with Gasteiger partial charge in [0.05, 0.1) is 6.61 Å². The summed E-state index contributed by atoms with van der Waals surface area (Å²) in [5, 5.41) is 4.00. The molecule has 0 aliphatic rings. The molecule has 0 radical (unpaired) electrons. The molecule has 0 fully saturated rings. The second-order valence-electron chi connectivity index (χ2n) is 4.86. The number of nitrogens with zero attached hydrogens (tertiary/aromatic N) is 2. The fourth-order valence-electron chi connectivity index (χ4n) is 2.18. The summed E-state index contributed by atoms with van der Waals surface area (Å²) in [5.41, 5.74) is 1.97. The Kier molecular flexibility index (Phi) is 5.09. The summed E-state index contributed by atoms with van der Waals surface area (Å²) in [5.74, 6) is 0.0432. The molecule has 5 heteroatoms. The predicted molar refractivity (Wildman–Crippen MR) is 78.8 cm³/mol. The molecule has 0 bridgehead atoms. The number of hydrogen-bond acceptors (Lipinski definition) is 5. The fourth-order valence-corrected chi connectivity index (χ4v) is 2.18. The van der Waals surface area contributed by atoms with Gasteiger partial charge in [-0.1, -0.05) is 42.8 Å². The van der Waals surface area contributed by atoms with Crippen LogP contribution in [0.3, 0.4) is 0 Å². The van der Waals surface area contributed by atoms with Gasteiger partial charge in [-0.3, -0.25) is 4.79 Å². The first-order valence-electron chi connectivity index (χ1n) is 7.23. The van der Waals surface area contributed by atoms with E-state index in [2.05, 4.69) is 10.1 Å². The van der Waals surface area contributed by atoms with Gasteiger partial charge in [-0.25, -0.2) is 0 Å². The minimum Gasteiger partial charge on any atom is -0.465 e. The van der Waals surface area contributed by atoms with Crippen molar-refractivity contribution in [3.05, 3.63) is 35.7 Å². The van der Waals surface area contributed by atoms with Crippen molar-refractivity contribution in [2.24, 2.45) is 0 Å². The Morgan fingerprint density at radius 2 is 2.10 bits per heavy atom. The van der Waals surface area contributed by atoms with Gasteiger partial charge >= 0.3 is 5.97 Å². The molecule has 0 N–H and O–H groups in total. The normalized spacial score (nSPS) is 12.1. The van der Waals surface area contributed by atoms with E-state index in [1.165, 1.54) is 0 Å². The van der Waals surface area contributed by atoms with Crippen LogP contribution < -0.4 is 0 Å². The Hall–Kier alpha value is -2.17. The number of aromatic nitrogens is 2. The largest absolute Gasteiger partial charge is 0.465 e. The molecule has 1 aromatic heterocycles. The Morgan fingerprint density at radius 3 is 2.76 bits per heavy atom. The summed E-state index contributed by atoms with van der Waals surface area (Å²) < 4.78 is 10.4. The molecule has 0 amide bonds. The molecular formula is C16H20N2O3. The van der Waals surface area contributed by atoms with Gasteiger partial charge in [0.1, 0.15) is 5.92 Å². The third kappa shape index (κ3) is 3.48. The van der Waals surface area contributed by atoms with E-state index in [4.69, 9.17) is 9.26 Å². The van der Waals surface area contributed by atoms with Gasteiger partial charge < -0.3 is 9.26 Å². The van der Waals surface area contributed by atoms with E-state index in [1.54, 1.807) is 6.92 Å². The number of benzene rings is 1. The van der Waals surface area contributed by atoms with Crippen molar-refractivity contribution >= 4 is 5.97 Å². The fraction of sp³-hybridized carbons (Fsp3) is 0.438. The molecular weight excluding hydrogens is 268 g/mol. The lowest BCUT2D eigenvalue weighted by Crippen LogP contribution is -2.16. The number of carbonyl (C=O) groups excluding carboxylic acids is 1. The van der Waals surface area contributed by atoms with Crippen molar-refractivity contribution in [1.82, 2.24) is 10.1 Å². The van der Waals surface area contributed by atoms with Crippen LogP contribution in [-0.4, -0.2) is 22.7 Å². The van der Waals surface area contributed by atoms with Crippen molar-refractivity contribution < 1.29 is 14.1 Å². The Labute approximate surface area is 124 Å². The molecule has 5 nitrogen and oxygen atoms in total. The van der Waals surface area contributed by atoms with Crippen LogP contribution in [-0.2, 0) is 9.53 Å². The van der Waals surface area contributed by atoms with Gasteiger partial charge in [0.25, 0.3) is 0 Å². The van der Waals surface area contributed by atoms with Crippen LogP contribution in [0.5, 0.6) is 0 Å². The van der Waals surface area contributed by atoms with E-state index in [-0.39, 0.29) is 5.97 Å². The van der Waals surface area contributed by atoms with E-state index in [1.807, 2.05) is 38.1 Å². The second kappa shape index (κ2) is 7.02. The Balaban J connectivity index is 2.28. The highest BCUT2D eigenvalue weighted by Crippen LogP contribution is 2.25. The molecule has 2 aromatic rings. The van der Waals surface area contributed by atoms with E-state index in [9.17, 15) is 4.79 Å². The zero-order chi connectivity index (χ0) is 15.2.